The third kappa shape index (κ3) is 4.17. The van der Waals surface area contributed by atoms with E-state index in [9.17, 15) is 4.39 Å². The van der Waals surface area contributed by atoms with Crippen LogP contribution in [0, 0.1) is 5.82 Å². The molecule has 0 aromatic heterocycles. The Hall–Kier alpha value is -1.38. The van der Waals surface area contributed by atoms with E-state index >= 15 is 0 Å². The standard InChI is InChI=1S/C21H25ClFN/c1-2-3-10-21(17-7-5-9-19(23)15-17)24-12-11-20(24)14-16-6-4-8-18(22)13-16/h4-9,13,15,20-21H,2-3,10-12,14H2,1H3/t20-,21?/m0/s1. The summed E-state index contributed by atoms with van der Waals surface area (Å²) >= 11 is 6.11. The van der Waals surface area contributed by atoms with Gasteiger partial charge in [-0.25, -0.2) is 4.39 Å². The van der Waals surface area contributed by atoms with E-state index in [0.717, 1.165) is 30.0 Å². The molecule has 24 heavy (non-hydrogen) atoms. The molecule has 2 aromatic carbocycles. The Kier molecular flexibility index (Phi) is 5.91. The normalized spacial score (nSPS) is 19.0. The van der Waals surface area contributed by atoms with Crippen molar-refractivity contribution in [1.82, 2.24) is 4.90 Å². The lowest BCUT2D eigenvalue weighted by atomic mass is 9.89. The van der Waals surface area contributed by atoms with E-state index in [2.05, 4.69) is 30.0 Å². The molecule has 0 bridgehead atoms. The van der Waals surface area contributed by atoms with Gasteiger partial charge in [-0.15, -0.1) is 0 Å². The van der Waals surface area contributed by atoms with E-state index in [-0.39, 0.29) is 5.82 Å². The number of unbranched alkanes of at least 4 members (excludes halogenated alkanes) is 1. The Morgan fingerprint density at radius 3 is 2.71 bits per heavy atom. The van der Waals surface area contributed by atoms with Gasteiger partial charge in [0.2, 0.25) is 0 Å². The van der Waals surface area contributed by atoms with Gasteiger partial charge in [0, 0.05) is 23.7 Å². The molecule has 0 aliphatic carbocycles. The Bertz CT molecular complexity index is 672. The second kappa shape index (κ2) is 8.13. The van der Waals surface area contributed by atoms with Crippen molar-refractivity contribution in [3.05, 3.63) is 70.5 Å². The van der Waals surface area contributed by atoms with Crippen LogP contribution >= 0.6 is 11.6 Å². The molecule has 1 aliphatic rings. The first-order valence-electron chi connectivity index (χ1n) is 8.93. The van der Waals surface area contributed by atoms with Gasteiger partial charge in [-0.05, 0) is 54.7 Å². The summed E-state index contributed by atoms with van der Waals surface area (Å²) in [6.45, 7) is 3.30. The average Bonchev–Trinajstić information content (AvgIpc) is 2.55. The lowest BCUT2D eigenvalue weighted by Crippen LogP contribution is -2.50. The molecule has 1 aliphatic heterocycles. The maximum Gasteiger partial charge on any atom is 0.123 e. The second-order valence-electron chi connectivity index (χ2n) is 6.73. The van der Waals surface area contributed by atoms with Crippen LogP contribution in [0.15, 0.2) is 48.5 Å². The van der Waals surface area contributed by atoms with Crippen LogP contribution in [-0.4, -0.2) is 17.5 Å². The average molecular weight is 346 g/mol. The predicted molar refractivity (Wildman–Crippen MR) is 98.9 cm³/mol. The van der Waals surface area contributed by atoms with E-state index in [4.69, 9.17) is 11.6 Å². The van der Waals surface area contributed by atoms with Crippen molar-refractivity contribution in [1.29, 1.82) is 0 Å². The van der Waals surface area contributed by atoms with Gasteiger partial charge in [-0.2, -0.15) is 0 Å². The van der Waals surface area contributed by atoms with Gasteiger partial charge in [-0.3, -0.25) is 4.90 Å². The Labute approximate surface area is 149 Å². The lowest BCUT2D eigenvalue weighted by Gasteiger charge is -2.47. The highest BCUT2D eigenvalue weighted by molar-refractivity contribution is 6.30. The molecular weight excluding hydrogens is 321 g/mol. The van der Waals surface area contributed by atoms with Crippen LogP contribution in [-0.2, 0) is 6.42 Å². The van der Waals surface area contributed by atoms with Crippen LogP contribution in [0.1, 0.15) is 49.8 Å². The minimum atomic E-state index is -0.138. The van der Waals surface area contributed by atoms with Crippen molar-refractivity contribution in [3.8, 4) is 0 Å². The third-order valence-corrected chi connectivity index (χ3v) is 5.25. The van der Waals surface area contributed by atoms with Gasteiger partial charge >= 0.3 is 0 Å². The number of rotatable bonds is 7. The maximum atomic E-state index is 13.7. The molecule has 1 nitrogen and oxygen atoms in total. The van der Waals surface area contributed by atoms with Crippen molar-refractivity contribution in [2.45, 2.75) is 51.1 Å². The molecule has 0 spiro atoms. The van der Waals surface area contributed by atoms with Crippen LogP contribution in [0.25, 0.3) is 0 Å². The van der Waals surface area contributed by atoms with Gasteiger partial charge in [0.1, 0.15) is 5.82 Å². The van der Waals surface area contributed by atoms with Crippen LogP contribution < -0.4 is 0 Å². The monoisotopic (exact) mass is 345 g/mol. The summed E-state index contributed by atoms with van der Waals surface area (Å²) in [5, 5.41) is 0.797. The zero-order chi connectivity index (χ0) is 16.9. The number of benzene rings is 2. The molecular formula is C21H25ClFN. The summed E-state index contributed by atoms with van der Waals surface area (Å²) in [6.07, 6.45) is 5.63. The summed E-state index contributed by atoms with van der Waals surface area (Å²) in [6, 6.07) is 16.1. The molecule has 0 radical (unpaired) electrons. The summed E-state index contributed by atoms with van der Waals surface area (Å²) in [7, 11) is 0. The number of halogens is 2. The van der Waals surface area contributed by atoms with Gasteiger partial charge < -0.3 is 0 Å². The van der Waals surface area contributed by atoms with Gasteiger partial charge in [0.15, 0.2) is 0 Å². The number of hydrogen-bond donors (Lipinski definition) is 0. The zero-order valence-electron chi connectivity index (χ0n) is 14.2. The van der Waals surface area contributed by atoms with Gasteiger partial charge in [0.25, 0.3) is 0 Å². The van der Waals surface area contributed by atoms with Crippen molar-refractivity contribution in [3.63, 3.8) is 0 Å². The smallest absolute Gasteiger partial charge is 0.123 e. The van der Waals surface area contributed by atoms with E-state index in [1.807, 2.05) is 18.2 Å². The minimum absolute atomic E-state index is 0.138. The fourth-order valence-corrected chi connectivity index (χ4v) is 3.87. The quantitative estimate of drug-likeness (QED) is 0.592. The van der Waals surface area contributed by atoms with E-state index < -0.39 is 0 Å². The fraction of sp³-hybridized carbons (Fsp3) is 0.429. The summed E-state index contributed by atoms with van der Waals surface area (Å²) in [5.41, 5.74) is 2.39. The first kappa shape index (κ1) is 17.4. The fourth-order valence-electron chi connectivity index (χ4n) is 3.66. The molecule has 0 amide bonds. The van der Waals surface area contributed by atoms with E-state index in [0.29, 0.717) is 12.1 Å². The second-order valence-corrected chi connectivity index (χ2v) is 7.16. The minimum Gasteiger partial charge on any atom is -0.293 e. The van der Waals surface area contributed by atoms with Crippen LogP contribution in [0.3, 0.4) is 0 Å². The number of nitrogens with zero attached hydrogens (tertiary/aromatic N) is 1. The Balaban J connectivity index is 1.75. The molecule has 1 saturated heterocycles. The van der Waals surface area contributed by atoms with Crippen molar-refractivity contribution >= 4 is 11.6 Å². The molecule has 128 valence electrons. The molecule has 3 rings (SSSR count). The zero-order valence-corrected chi connectivity index (χ0v) is 15.0. The topological polar surface area (TPSA) is 3.24 Å². The number of hydrogen-bond acceptors (Lipinski definition) is 1. The van der Waals surface area contributed by atoms with Crippen molar-refractivity contribution < 1.29 is 4.39 Å². The molecule has 1 heterocycles. The van der Waals surface area contributed by atoms with E-state index in [1.54, 1.807) is 6.07 Å². The summed E-state index contributed by atoms with van der Waals surface area (Å²) in [5.74, 6) is -0.138. The molecule has 2 atom stereocenters. The van der Waals surface area contributed by atoms with Crippen LogP contribution in [0.5, 0.6) is 0 Å². The van der Waals surface area contributed by atoms with Crippen LogP contribution in [0.4, 0.5) is 4.39 Å². The Morgan fingerprint density at radius 2 is 2.04 bits per heavy atom. The first-order valence-corrected chi connectivity index (χ1v) is 9.31. The highest BCUT2D eigenvalue weighted by Crippen LogP contribution is 2.36. The summed E-state index contributed by atoms with van der Waals surface area (Å²) < 4.78 is 13.7. The number of likely N-dealkylation sites (tertiary alicyclic amines) is 1. The molecule has 3 heteroatoms. The predicted octanol–water partition coefficient (Wildman–Crippen LogP) is 6.03. The molecule has 2 aromatic rings. The molecule has 1 unspecified atom stereocenters. The molecule has 0 saturated carbocycles. The lowest BCUT2D eigenvalue weighted by molar-refractivity contribution is 0.0350. The SMILES string of the molecule is CCCCC(c1cccc(F)c1)N1CC[C@H]1Cc1cccc(Cl)c1. The van der Waals surface area contributed by atoms with Gasteiger partial charge in [-0.1, -0.05) is 55.6 Å². The highest BCUT2D eigenvalue weighted by atomic mass is 35.5. The first-order chi connectivity index (χ1) is 11.7. The summed E-state index contributed by atoms with van der Waals surface area (Å²) in [4.78, 5) is 2.55. The van der Waals surface area contributed by atoms with Crippen molar-refractivity contribution in [2.75, 3.05) is 6.54 Å². The van der Waals surface area contributed by atoms with E-state index in [1.165, 1.54) is 30.9 Å². The molecule has 0 N–H and O–H groups in total. The maximum absolute atomic E-state index is 13.7. The van der Waals surface area contributed by atoms with Crippen molar-refractivity contribution in [2.24, 2.45) is 0 Å². The molecule has 1 fully saturated rings. The highest BCUT2D eigenvalue weighted by Gasteiger charge is 2.34. The third-order valence-electron chi connectivity index (χ3n) is 5.01. The van der Waals surface area contributed by atoms with Gasteiger partial charge in [0.05, 0.1) is 0 Å². The Morgan fingerprint density at radius 1 is 1.21 bits per heavy atom. The van der Waals surface area contributed by atoms with Crippen LogP contribution in [0.2, 0.25) is 5.02 Å². The largest absolute Gasteiger partial charge is 0.293 e.